The molecule has 0 bridgehead atoms. The summed E-state index contributed by atoms with van der Waals surface area (Å²) in [5, 5.41) is 0.592. The summed E-state index contributed by atoms with van der Waals surface area (Å²) in [5.41, 5.74) is 1.99. The summed E-state index contributed by atoms with van der Waals surface area (Å²) < 4.78 is 24.2. The third kappa shape index (κ3) is 3.62. The van der Waals surface area contributed by atoms with Gasteiger partial charge in [0.05, 0.1) is 17.5 Å². The maximum absolute atomic E-state index is 12.5. The number of fused-ring (bicyclic) bond motifs is 1. The van der Waals surface area contributed by atoms with Crippen molar-refractivity contribution < 1.29 is 13.2 Å². The molecule has 1 amide bonds. The van der Waals surface area contributed by atoms with Crippen molar-refractivity contribution in [2.75, 3.05) is 16.4 Å². The molecule has 1 aromatic rings. The zero-order chi connectivity index (χ0) is 18.2. The second-order valence-electron chi connectivity index (χ2n) is 6.70. The Labute approximate surface area is 153 Å². The highest BCUT2D eigenvalue weighted by Gasteiger charge is 2.49. The van der Waals surface area contributed by atoms with Crippen molar-refractivity contribution in [3.05, 3.63) is 29.8 Å². The molecule has 3 rings (SSSR count). The first-order valence-corrected chi connectivity index (χ1v) is 11.4. The summed E-state index contributed by atoms with van der Waals surface area (Å²) in [5.74, 6) is 0.102. The lowest BCUT2D eigenvalue weighted by molar-refractivity contribution is -0.121. The Balaban J connectivity index is 2.01. The van der Waals surface area contributed by atoms with Crippen LogP contribution < -0.4 is 4.90 Å². The number of amides is 1. The van der Waals surface area contributed by atoms with Crippen LogP contribution in [-0.4, -0.2) is 42.3 Å². The standard InChI is InChI=1S/C18H24N2O3S2/c1-4-13(5-2)17(21)19-18-20(14-9-7-6-8-12(14)3)15-10-25(22,23)11-16(15)24-18/h6-9,13,15-16H,4-5,10-11H2,1-3H3/t15-,16+/m1/s1. The SMILES string of the molecule is CCC(CC)C(=O)N=C1S[C@H]2CS(=O)(=O)C[C@H]2N1c1ccccc1C. The number of rotatable bonds is 4. The van der Waals surface area contributed by atoms with Crippen LogP contribution in [0.2, 0.25) is 0 Å². The lowest BCUT2D eigenvalue weighted by atomic mass is 10.0. The second kappa shape index (κ2) is 7.11. The van der Waals surface area contributed by atoms with Gasteiger partial charge in [0.25, 0.3) is 5.91 Å². The fraction of sp³-hybridized carbons (Fsp3) is 0.556. The largest absolute Gasteiger partial charge is 0.315 e. The van der Waals surface area contributed by atoms with Gasteiger partial charge in [-0.2, -0.15) is 4.99 Å². The number of aryl methyl sites for hydroxylation is 1. The van der Waals surface area contributed by atoms with E-state index in [1.165, 1.54) is 11.8 Å². The normalized spacial score (nSPS) is 26.4. The fourth-order valence-electron chi connectivity index (χ4n) is 3.50. The number of hydrogen-bond acceptors (Lipinski definition) is 4. The molecular weight excluding hydrogens is 356 g/mol. The summed E-state index contributed by atoms with van der Waals surface area (Å²) in [6, 6.07) is 7.71. The minimum Gasteiger partial charge on any atom is -0.315 e. The number of carbonyl (C=O) groups excluding carboxylic acids is 1. The van der Waals surface area contributed by atoms with E-state index >= 15 is 0 Å². The maximum atomic E-state index is 12.5. The molecule has 0 spiro atoms. The number of nitrogens with zero attached hydrogens (tertiary/aromatic N) is 2. The van der Waals surface area contributed by atoms with E-state index in [0.717, 1.165) is 24.1 Å². The zero-order valence-corrected chi connectivity index (χ0v) is 16.4. The first-order chi connectivity index (χ1) is 11.9. The molecule has 2 aliphatic rings. The van der Waals surface area contributed by atoms with Gasteiger partial charge in [0, 0.05) is 16.9 Å². The molecule has 2 fully saturated rings. The molecular formula is C18H24N2O3S2. The first-order valence-electron chi connectivity index (χ1n) is 8.70. The number of para-hydroxylation sites is 1. The van der Waals surface area contributed by atoms with E-state index in [9.17, 15) is 13.2 Å². The van der Waals surface area contributed by atoms with E-state index in [1.807, 2.05) is 49.9 Å². The van der Waals surface area contributed by atoms with Gasteiger partial charge in [-0.25, -0.2) is 8.42 Å². The molecule has 0 unspecified atom stereocenters. The Morgan fingerprint density at radius 1 is 1.28 bits per heavy atom. The average molecular weight is 381 g/mol. The van der Waals surface area contributed by atoms with Gasteiger partial charge in [0.1, 0.15) is 0 Å². The van der Waals surface area contributed by atoms with Gasteiger partial charge in [-0.15, -0.1) is 0 Å². The first kappa shape index (κ1) is 18.5. The van der Waals surface area contributed by atoms with E-state index in [1.54, 1.807) is 0 Å². The Kier molecular flexibility index (Phi) is 5.25. The number of benzene rings is 1. The average Bonchev–Trinajstić information content (AvgIpc) is 3.00. The van der Waals surface area contributed by atoms with Gasteiger partial charge < -0.3 is 4.90 Å². The van der Waals surface area contributed by atoms with Gasteiger partial charge in [0.15, 0.2) is 15.0 Å². The van der Waals surface area contributed by atoms with E-state index in [0.29, 0.717) is 5.17 Å². The fourth-order valence-corrected chi connectivity index (χ4v) is 7.42. The van der Waals surface area contributed by atoms with E-state index < -0.39 is 9.84 Å². The third-order valence-electron chi connectivity index (χ3n) is 4.98. The number of hydrogen-bond donors (Lipinski definition) is 0. The highest BCUT2D eigenvalue weighted by molar-refractivity contribution is 8.16. The van der Waals surface area contributed by atoms with E-state index in [4.69, 9.17) is 0 Å². The highest BCUT2D eigenvalue weighted by atomic mass is 32.2. The number of thioether (sulfide) groups is 1. The number of aliphatic imine (C=N–C) groups is 1. The minimum atomic E-state index is -3.04. The quantitative estimate of drug-likeness (QED) is 0.803. The molecule has 136 valence electrons. The molecule has 0 aromatic heterocycles. The minimum absolute atomic E-state index is 0.0575. The van der Waals surface area contributed by atoms with Crippen LogP contribution in [0.1, 0.15) is 32.3 Å². The van der Waals surface area contributed by atoms with Crippen LogP contribution in [0, 0.1) is 12.8 Å². The second-order valence-corrected chi connectivity index (χ2v) is 10.1. The Morgan fingerprint density at radius 2 is 1.96 bits per heavy atom. The molecule has 2 heterocycles. The monoisotopic (exact) mass is 380 g/mol. The maximum Gasteiger partial charge on any atom is 0.251 e. The molecule has 7 heteroatoms. The third-order valence-corrected chi connectivity index (χ3v) is 8.19. The van der Waals surface area contributed by atoms with Crippen LogP contribution >= 0.6 is 11.8 Å². The zero-order valence-electron chi connectivity index (χ0n) is 14.8. The molecule has 2 atom stereocenters. The lowest BCUT2D eigenvalue weighted by Crippen LogP contribution is -2.38. The molecule has 25 heavy (non-hydrogen) atoms. The van der Waals surface area contributed by atoms with Crippen molar-refractivity contribution in [1.82, 2.24) is 0 Å². The lowest BCUT2D eigenvalue weighted by Gasteiger charge is -2.26. The van der Waals surface area contributed by atoms with Crippen LogP contribution in [-0.2, 0) is 14.6 Å². The van der Waals surface area contributed by atoms with Crippen molar-refractivity contribution in [2.45, 2.75) is 44.9 Å². The topological polar surface area (TPSA) is 66.8 Å². The molecule has 2 saturated heterocycles. The summed E-state index contributed by atoms with van der Waals surface area (Å²) in [6.07, 6.45) is 1.53. The molecule has 0 aliphatic carbocycles. The number of sulfone groups is 1. The van der Waals surface area contributed by atoms with E-state index in [2.05, 4.69) is 4.99 Å². The summed E-state index contributed by atoms with van der Waals surface area (Å²) in [7, 11) is -3.04. The molecule has 0 radical (unpaired) electrons. The van der Waals surface area contributed by atoms with E-state index in [-0.39, 0.29) is 34.6 Å². The van der Waals surface area contributed by atoms with Crippen LogP contribution in [0.25, 0.3) is 0 Å². The predicted molar refractivity (Wildman–Crippen MR) is 104 cm³/mol. The van der Waals surface area contributed by atoms with Crippen molar-refractivity contribution in [2.24, 2.45) is 10.9 Å². The Bertz CT molecular complexity index is 800. The molecule has 5 nitrogen and oxygen atoms in total. The molecule has 0 N–H and O–H groups in total. The smallest absolute Gasteiger partial charge is 0.251 e. The number of anilines is 1. The van der Waals surface area contributed by atoms with Crippen molar-refractivity contribution in [1.29, 1.82) is 0 Å². The Hall–Kier alpha value is -1.34. The highest BCUT2D eigenvalue weighted by Crippen LogP contribution is 2.42. The molecule has 0 saturated carbocycles. The Morgan fingerprint density at radius 3 is 2.60 bits per heavy atom. The van der Waals surface area contributed by atoms with Gasteiger partial charge in [0.2, 0.25) is 0 Å². The number of amidine groups is 1. The van der Waals surface area contributed by atoms with Gasteiger partial charge in [-0.1, -0.05) is 43.8 Å². The van der Waals surface area contributed by atoms with Gasteiger partial charge in [-0.3, -0.25) is 4.79 Å². The number of carbonyl (C=O) groups is 1. The summed E-state index contributed by atoms with van der Waals surface area (Å²) in [4.78, 5) is 18.9. The predicted octanol–water partition coefficient (Wildman–Crippen LogP) is 3.03. The van der Waals surface area contributed by atoms with Crippen LogP contribution in [0.5, 0.6) is 0 Å². The van der Waals surface area contributed by atoms with Gasteiger partial charge >= 0.3 is 0 Å². The van der Waals surface area contributed by atoms with Crippen molar-refractivity contribution in [3.63, 3.8) is 0 Å². The summed E-state index contributed by atoms with van der Waals surface area (Å²) in [6.45, 7) is 5.99. The molecule has 1 aromatic carbocycles. The van der Waals surface area contributed by atoms with Gasteiger partial charge in [-0.05, 0) is 31.4 Å². The van der Waals surface area contributed by atoms with Crippen molar-refractivity contribution in [3.8, 4) is 0 Å². The van der Waals surface area contributed by atoms with Crippen LogP contribution in [0.15, 0.2) is 29.3 Å². The van der Waals surface area contributed by atoms with Crippen LogP contribution in [0.4, 0.5) is 5.69 Å². The molecule has 2 aliphatic heterocycles. The van der Waals surface area contributed by atoms with Crippen molar-refractivity contribution >= 4 is 38.4 Å². The van der Waals surface area contributed by atoms with Crippen LogP contribution in [0.3, 0.4) is 0 Å². The summed E-state index contributed by atoms with van der Waals surface area (Å²) >= 11 is 1.44.